The lowest BCUT2D eigenvalue weighted by Gasteiger charge is -2.23. The monoisotopic (exact) mass is 270 g/mol. The Hall–Kier alpha value is -1.32. The van der Waals surface area contributed by atoms with Crippen LogP contribution in [-0.4, -0.2) is 24.6 Å². The summed E-state index contributed by atoms with van der Waals surface area (Å²) in [5.74, 6) is -0.364. The van der Waals surface area contributed by atoms with Crippen LogP contribution in [0.4, 0.5) is 0 Å². The standard InChI is InChI=1S/C15H26O4/c1-7-11(2)12(8-9-13(16)18-6)10-14(17)19-15(3,4)5/h8-9,11-12H,7,10H2,1-6H3/b9-8+/t11-,12-/m0/s1. The van der Waals surface area contributed by atoms with Crippen LogP contribution in [0.5, 0.6) is 0 Å². The Kier molecular flexibility index (Phi) is 7.42. The maximum Gasteiger partial charge on any atom is 0.330 e. The Bertz CT molecular complexity index is 326. The van der Waals surface area contributed by atoms with Crippen LogP contribution in [0, 0.1) is 11.8 Å². The lowest BCUT2D eigenvalue weighted by Crippen LogP contribution is -2.26. The third-order valence-electron chi connectivity index (χ3n) is 2.88. The van der Waals surface area contributed by atoms with Crippen molar-refractivity contribution in [1.82, 2.24) is 0 Å². The van der Waals surface area contributed by atoms with E-state index in [0.29, 0.717) is 5.92 Å². The second-order valence-electron chi connectivity index (χ2n) is 5.72. The molecule has 110 valence electrons. The van der Waals surface area contributed by atoms with E-state index in [2.05, 4.69) is 18.6 Å². The molecule has 4 heteroatoms. The highest BCUT2D eigenvalue weighted by Gasteiger charge is 2.22. The van der Waals surface area contributed by atoms with Crippen LogP contribution in [0.2, 0.25) is 0 Å². The number of hydrogen-bond donors (Lipinski definition) is 0. The van der Waals surface area contributed by atoms with Crippen molar-refractivity contribution in [1.29, 1.82) is 0 Å². The number of rotatable bonds is 6. The first-order valence-electron chi connectivity index (χ1n) is 6.67. The van der Waals surface area contributed by atoms with Crippen LogP contribution in [0.15, 0.2) is 12.2 Å². The first-order valence-corrected chi connectivity index (χ1v) is 6.67. The number of methoxy groups -OCH3 is 1. The minimum absolute atomic E-state index is 0.0149. The molecular weight excluding hydrogens is 244 g/mol. The highest BCUT2D eigenvalue weighted by molar-refractivity contribution is 5.82. The SMILES string of the molecule is CC[C@H](C)[C@@H](/C=C/C(=O)OC)CC(=O)OC(C)(C)C. The average molecular weight is 270 g/mol. The minimum atomic E-state index is -0.483. The molecule has 19 heavy (non-hydrogen) atoms. The molecule has 0 aromatic rings. The van der Waals surface area contributed by atoms with Crippen molar-refractivity contribution in [2.24, 2.45) is 11.8 Å². The molecule has 0 unspecified atom stereocenters. The molecule has 0 spiro atoms. The molecule has 0 rings (SSSR count). The summed E-state index contributed by atoms with van der Waals surface area (Å²) in [5.41, 5.74) is -0.483. The van der Waals surface area contributed by atoms with Crippen molar-refractivity contribution < 1.29 is 19.1 Å². The smallest absolute Gasteiger partial charge is 0.330 e. The summed E-state index contributed by atoms with van der Waals surface area (Å²) in [6.45, 7) is 9.63. The van der Waals surface area contributed by atoms with E-state index in [1.165, 1.54) is 13.2 Å². The molecule has 0 saturated carbocycles. The molecule has 0 aliphatic carbocycles. The summed E-state index contributed by atoms with van der Waals surface area (Å²) in [4.78, 5) is 22.9. The van der Waals surface area contributed by atoms with E-state index in [1.54, 1.807) is 6.08 Å². The Labute approximate surface area is 116 Å². The number of allylic oxidation sites excluding steroid dienone is 1. The fraction of sp³-hybridized carbons (Fsp3) is 0.733. The molecule has 0 aliphatic rings. The predicted octanol–water partition coefficient (Wildman–Crippen LogP) is 3.11. The van der Waals surface area contributed by atoms with Gasteiger partial charge in [0.1, 0.15) is 5.60 Å². The first-order chi connectivity index (χ1) is 8.69. The summed E-state index contributed by atoms with van der Waals surface area (Å²) in [6, 6.07) is 0. The van der Waals surface area contributed by atoms with Gasteiger partial charge in [0.25, 0.3) is 0 Å². The molecular formula is C15H26O4. The molecule has 0 bridgehead atoms. The quantitative estimate of drug-likeness (QED) is 0.549. The summed E-state index contributed by atoms with van der Waals surface area (Å²) >= 11 is 0. The molecule has 0 saturated heterocycles. The molecule has 0 heterocycles. The summed E-state index contributed by atoms with van der Waals surface area (Å²) in [7, 11) is 1.33. The largest absolute Gasteiger partial charge is 0.466 e. The van der Waals surface area contributed by atoms with Crippen LogP contribution in [-0.2, 0) is 19.1 Å². The lowest BCUT2D eigenvalue weighted by molar-refractivity contribution is -0.156. The van der Waals surface area contributed by atoms with E-state index in [0.717, 1.165) is 6.42 Å². The fourth-order valence-corrected chi connectivity index (χ4v) is 1.61. The van der Waals surface area contributed by atoms with Crippen LogP contribution in [0.25, 0.3) is 0 Å². The van der Waals surface area contributed by atoms with Crippen LogP contribution in [0.1, 0.15) is 47.5 Å². The van der Waals surface area contributed by atoms with Crippen LogP contribution >= 0.6 is 0 Å². The maximum absolute atomic E-state index is 11.8. The summed E-state index contributed by atoms with van der Waals surface area (Å²) in [5, 5.41) is 0. The Morgan fingerprint density at radius 2 is 1.84 bits per heavy atom. The van der Waals surface area contributed by atoms with Crippen molar-refractivity contribution in [3.63, 3.8) is 0 Å². The maximum atomic E-state index is 11.8. The van der Waals surface area contributed by atoms with Gasteiger partial charge < -0.3 is 9.47 Å². The van der Waals surface area contributed by atoms with Crippen molar-refractivity contribution in [2.45, 2.75) is 53.1 Å². The Morgan fingerprint density at radius 3 is 2.26 bits per heavy atom. The fourth-order valence-electron chi connectivity index (χ4n) is 1.61. The highest BCUT2D eigenvalue weighted by Crippen LogP contribution is 2.22. The molecule has 0 fully saturated rings. The molecule has 0 aromatic heterocycles. The third kappa shape index (κ3) is 8.41. The van der Waals surface area contributed by atoms with E-state index in [4.69, 9.17) is 4.74 Å². The molecule has 0 N–H and O–H groups in total. The molecule has 0 aliphatic heterocycles. The number of carbonyl (C=O) groups is 2. The normalized spacial score (nSPS) is 15.1. The number of esters is 2. The van der Waals surface area contributed by atoms with Gasteiger partial charge >= 0.3 is 11.9 Å². The van der Waals surface area contributed by atoms with Gasteiger partial charge in [-0.1, -0.05) is 26.3 Å². The highest BCUT2D eigenvalue weighted by atomic mass is 16.6. The van der Waals surface area contributed by atoms with Gasteiger partial charge in [0.15, 0.2) is 0 Å². The van der Waals surface area contributed by atoms with Gasteiger partial charge in [-0.2, -0.15) is 0 Å². The van der Waals surface area contributed by atoms with Gasteiger partial charge in [0.05, 0.1) is 13.5 Å². The van der Waals surface area contributed by atoms with E-state index in [1.807, 2.05) is 20.8 Å². The van der Waals surface area contributed by atoms with Gasteiger partial charge in [-0.05, 0) is 32.6 Å². The van der Waals surface area contributed by atoms with Crippen LogP contribution in [0.3, 0.4) is 0 Å². The second kappa shape index (κ2) is 7.97. The molecule has 0 radical (unpaired) electrons. The van der Waals surface area contributed by atoms with Crippen LogP contribution < -0.4 is 0 Å². The number of ether oxygens (including phenoxy) is 2. The van der Waals surface area contributed by atoms with Gasteiger partial charge in [0.2, 0.25) is 0 Å². The van der Waals surface area contributed by atoms with E-state index >= 15 is 0 Å². The van der Waals surface area contributed by atoms with Crippen molar-refractivity contribution in [3.8, 4) is 0 Å². The third-order valence-corrected chi connectivity index (χ3v) is 2.88. The summed E-state index contributed by atoms with van der Waals surface area (Å²) < 4.78 is 9.86. The topological polar surface area (TPSA) is 52.6 Å². The summed E-state index contributed by atoms with van der Waals surface area (Å²) in [6.07, 6.45) is 4.32. The van der Waals surface area contributed by atoms with E-state index < -0.39 is 11.6 Å². The Morgan fingerprint density at radius 1 is 1.26 bits per heavy atom. The first kappa shape index (κ1) is 17.7. The van der Waals surface area contributed by atoms with Crippen molar-refractivity contribution >= 4 is 11.9 Å². The van der Waals surface area contributed by atoms with Gasteiger partial charge in [-0.25, -0.2) is 4.79 Å². The van der Waals surface area contributed by atoms with E-state index in [9.17, 15) is 9.59 Å². The molecule has 4 nitrogen and oxygen atoms in total. The van der Waals surface area contributed by atoms with Crippen molar-refractivity contribution in [2.75, 3.05) is 7.11 Å². The zero-order valence-corrected chi connectivity index (χ0v) is 12.9. The molecule has 0 amide bonds. The van der Waals surface area contributed by atoms with Crippen molar-refractivity contribution in [3.05, 3.63) is 12.2 Å². The molecule has 2 atom stereocenters. The van der Waals surface area contributed by atoms with Gasteiger partial charge in [-0.3, -0.25) is 4.79 Å². The zero-order valence-electron chi connectivity index (χ0n) is 12.9. The molecule has 0 aromatic carbocycles. The van der Waals surface area contributed by atoms with Gasteiger partial charge in [0, 0.05) is 6.08 Å². The zero-order chi connectivity index (χ0) is 15.1. The minimum Gasteiger partial charge on any atom is -0.466 e. The number of carbonyl (C=O) groups excluding carboxylic acids is 2. The van der Waals surface area contributed by atoms with E-state index in [-0.39, 0.29) is 18.3 Å². The predicted molar refractivity (Wildman–Crippen MR) is 74.6 cm³/mol. The second-order valence-corrected chi connectivity index (χ2v) is 5.72. The average Bonchev–Trinajstić information content (AvgIpc) is 2.30. The van der Waals surface area contributed by atoms with Gasteiger partial charge in [-0.15, -0.1) is 0 Å². The number of hydrogen-bond acceptors (Lipinski definition) is 4. The Balaban J connectivity index is 4.65. The lowest BCUT2D eigenvalue weighted by atomic mass is 9.88.